The molecule has 4 aliphatic carbocycles. The van der Waals surface area contributed by atoms with E-state index in [0.29, 0.717) is 23.7 Å². The molecular weight excluding hydrogens is 436 g/mol. The minimum absolute atomic E-state index is 0.661. The molecule has 8 atom stereocenters. The van der Waals surface area contributed by atoms with Gasteiger partial charge in [0.05, 0.1) is 0 Å². The Morgan fingerprint density at radius 1 is 0.629 bits per heavy atom. The number of benzene rings is 2. The molecule has 180 valence electrons. The molecule has 0 N–H and O–H groups in total. The molecule has 0 saturated heterocycles. The Balaban J connectivity index is 1.60. The predicted octanol–water partition coefficient (Wildman–Crippen LogP) is 7.57. The zero-order valence-electron chi connectivity index (χ0n) is 21.3. The second kappa shape index (κ2) is 9.58. The van der Waals surface area contributed by atoms with Crippen LogP contribution >= 0.6 is 0 Å². The molecule has 2 fully saturated rings. The van der Waals surface area contributed by atoms with E-state index in [1.165, 1.54) is 25.7 Å². The fourth-order valence-corrected chi connectivity index (χ4v) is 16.3. The largest absolute Gasteiger partial charge is 0.125 e. The van der Waals surface area contributed by atoms with Gasteiger partial charge in [-0.1, -0.05) is 146 Å². The van der Waals surface area contributed by atoms with Gasteiger partial charge in [-0.25, -0.2) is 0 Å². The highest BCUT2D eigenvalue weighted by atomic mass is 28.3. The number of fused-ring (bicyclic) bond motifs is 2. The lowest BCUT2D eigenvalue weighted by Crippen LogP contribution is -2.66. The molecule has 0 bridgehead atoms. The first-order valence-electron chi connectivity index (χ1n) is 14.1. The Bertz CT molecular complexity index is 1080. The summed E-state index contributed by atoms with van der Waals surface area (Å²) < 4.78 is 0. The van der Waals surface area contributed by atoms with Gasteiger partial charge in [-0.2, -0.15) is 0 Å². The van der Waals surface area contributed by atoms with Crippen LogP contribution in [0.1, 0.15) is 39.5 Å². The molecule has 0 heterocycles. The summed E-state index contributed by atoms with van der Waals surface area (Å²) >= 11 is 0. The van der Waals surface area contributed by atoms with E-state index in [1.54, 1.807) is 10.4 Å². The van der Waals surface area contributed by atoms with Crippen LogP contribution < -0.4 is 10.4 Å². The van der Waals surface area contributed by atoms with Crippen molar-refractivity contribution < 1.29 is 0 Å². The van der Waals surface area contributed by atoms with Gasteiger partial charge in [0.2, 0.25) is 0 Å². The molecule has 0 spiro atoms. The molecular formula is C34H40Si. The Kier molecular flexibility index (Phi) is 6.31. The maximum Gasteiger partial charge on any atom is 0.125 e. The summed E-state index contributed by atoms with van der Waals surface area (Å²) in [7, 11) is -2.18. The van der Waals surface area contributed by atoms with Crippen molar-refractivity contribution in [2.24, 2.45) is 35.5 Å². The number of hydrogen-bond donors (Lipinski definition) is 0. The Hall–Kier alpha value is -2.38. The molecule has 8 unspecified atom stereocenters. The van der Waals surface area contributed by atoms with Crippen LogP contribution in [0.25, 0.3) is 0 Å². The summed E-state index contributed by atoms with van der Waals surface area (Å²) in [6, 6.07) is 23.8. The zero-order chi connectivity index (χ0) is 23.8. The SMILES string of the molecule is CCCC1CC([Si](c2ccccc2)(c2ccccc2)C2CC(C)C3C=CC=CC32)C2C=CC=CC12. The molecule has 0 aliphatic heterocycles. The van der Waals surface area contributed by atoms with Crippen molar-refractivity contribution in [3.63, 3.8) is 0 Å². The minimum Gasteiger partial charge on any atom is -0.0808 e. The third-order valence-electron chi connectivity index (χ3n) is 10.1. The molecule has 2 aromatic rings. The van der Waals surface area contributed by atoms with E-state index in [-0.39, 0.29) is 0 Å². The highest BCUT2D eigenvalue weighted by Gasteiger charge is 2.61. The number of rotatable bonds is 6. The third kappa shape index (κ3) is 3.70. The fourth-order valence-electron chi connectivity index (χ4n) is 8.87. The maximum absolute atomic E-state index is 2.62. The van der Waals surface area contributed by atoms with E-state index < -0.39 is 8.07 Å². The predicted molar refractivity (Wildman–Crippen MR) is 153 cm³/mol. The van der Waals surface area contributed by atoms with Gasteiger partial charge in [0, 0.05) is 0 Å². The first-order chi connectivity index (χ1) is 17.2. The number of hydrogen-bond acceptors (Lipinski definition) is 0. The number of allylic oxidation sites excluding steroid dienone is 8. The van der Waals surface area contributed by atoms with Crippen molar-refractivity contribution in [2.75, 3.05) is 0 Å². The summed E-state index contributed by atoms with van der Waals surface area (Å²) in [6.07, 6.45) is 25.1. The van der Waals surface area contributed by atoms with Crippen LogP contribution in [-0.4, -0.2) is 8.07 Å². The van der Waals surface area contributed by atoms with Gasteiger partial charge < -0.3 is 0 Å². The van der Waals surface area contributed by atoms with Gasteiger partial charge in [-0.05, 0) is 59.4 Å². The average Bonchev–Trinajstić information content (AvgIpc) is 3.45. The van der Waals surface area contributed by atoms with E-state index >= 15 is 0 Å². The Labute approximate surface area is 213 Å². The topological polar surface area (TPSA) is 0 Å². The van der Waals surface area contributed by atoms with Crippen molar-refractivity contribution in [3.05, 3.63) is 109 Å². The summed E-state index contributed by atoms with van der Waals surface area (Å²) in [5, 5.41) is 3.35. The lowest BCUT2D eigenvalue weighted by molar-refractivity contribution is 0.390. The van der Waals surface area contributed by atoms with Crippen LogP contribution in [-0.2, 0) is 0 Å². The highest BCUT2D eigenvalue weighted by Crippen LogP contribution is 2.61. The summed E-state index contributed by atoms with van der Waals surface area (Å²) in [5.74, 6) is 4.29. The molecule has 0 radical (unpaired) electrons. The zero-order valence-corrected chi connectivity index (χ0v) is 22.3. The van der Waals surface area contributed by atoms with Gasteiger partial charge >= 0.3 is 0 Å². The third-order valence-corrected chi connectivity index (χ3v) is 16.2. The lowest BCUT2D eigenvalue weighted by atomic mass is 9.84. The smallest absolute Gasteiger partial charge is 0.0808 e. The quantitative estimate of drug-likeness (QED) is 0.377. The molecule has 1 heteroatoms. The first-order valence-corrected chi connectivity index (χ1v) is 16.2. The van der Waals surface area contributed by atoms with Crippen molar-refractivity contribution >= 4 is 18.4 Å². The van der Waals surface area contributed by atoms with Gasteiger partial charge in [0.1, 0.15) is 8.07 Å². The molecule has 35 heavy (non-hydrogen) atoms. The van der Waals surface area contributed by atoms with Gasteiger partial charge in [-0.15, -0.1) is 0 Å². The van der Waals surface area contributed by atoms with Crippen molar-refractivity contribution in [2.45, 2.75) is 50.6 Å². The van der Waals surface area contributed by atoms with Crippen LogP contribution in [0, 0.1) is 35.5 Å². The van der Waals surface area contributed by atoms with Crippen LogP contribution in [0.3, 0.4) is 0 Å². The Morgan fingerprint density at radius 3 is 1.69 bits per heavy atom. The van der Waals surface area contributed by atoms with Crippen LogP contribution in [0.5, 0.6) is 0 Å². The summed E-state index contributed by atoms with van der Waals surface area (Å²) in [4.78, 5) is 0. The average molecular weight is 477 g/mol. The Morgan fingerprint density at radius 2 is 1.11 bits per heavy atom. The molecule has 0 aromatic heterocycles. The van der Waals surface area contributed by atoms with E-state index in [0.717, 1.165) is 22.9 Å². The fraction of sp³-hybridized carbons (Fsp3) is 0.412. The standard InChI is InChI=1S/C34H40Si/c1-3-14-26-24-34(32-22-13-11-20-30(26)32)35(27-15-6-4-7-16-27,28-17-8-5-9-18-28)33-23-25(2)29-19-10-12-21-31(29)33/h4-13,15-22,25-26,29-34H,3,14,23-24H2,1-2H3. The second-order valence-electron chi connectivity index (χ2n) is 11.7. The van der Waals surface area contributed by atoms with Crippen LogP contribution in [0.2, 0.25) is 11.1 Å². The van der Waals surface area contributed by atoms with Crippen molar-refractivity contribution in [1.82, 2.24) is 0 Å². The minimum atomic E-state index is -2.18. The maximum atomic E-state index is 2.62. The van der Waals surface area contributed by atoms with E-state index in [2.05, 4.69) is 123 Å². The van der Waals surface area contributed by atoms with E-state index in [9.17, 15) is 0 Å². The normalized spacial score (nSPS) is 35.3. The second-order valence-corrected chi connectivity index (χ2v) is 16.0. The van der Waals surface area contributed by atoms with E-state index in [4.69, 9.17) is 0 Å². The lowest BCUT2D eigenvalue weighted by Gasteiger charge is -2.48. The molecule has 6 rings (SSSR count). The molecule has 4 aliphatic rings. The van der Waals surface area contributed by atoms with Gasteiger partial charge in [0.15, 0.2) is 0 Å². The van der Waals surface area contributed by atoms with Gasteiger partial charge in [0.25, 0.3) is 0 Å². The molecule has 0 nitrogen and oxygen atoms in total. The molecule has 2 aromatic carbocycles. The van der Waals surface area contributed by atoms with Crippen LogP contribution in [0.4, 0.5) is 0 Å². The van der Waals surface area contributed by atoms with Crippen LogP contribution in [0.15, 0.2) is 109 Å². The monoisotopic (exact) mass is 476 g/mol. The first kappa shape index (κ1) is 23.0. The van der Waals surface area contributed by atoms with Crippen molar-refractivity contribution in [1.29, 1.82) is 0 Å². The van der Waals surface area contributed by atoms with Crippen molar-refractivity contribution in [3.8, 4) is 0 Å². The summed E-state index contributed by atoms with van der Waals surface area (Å²) in [5.41, 5.74) is 1.48. The molecule has 0 amide bonds. The highest BCUT2D eigenvalue weighted by molar-refractivity contribution is 7.04. The molecule has 2 saturated carbocycles. The van der Waals surface area contributed by atoms with E-state index in [1.807, 2.05) is 0 Å². The summed E-state index contributed by atoms with van der Waals surface area (Å²) in [6.45, 7) is 4.91. The van der Waals surface area contributed by atoms with Gasteiger partial charge in [-0.3, -0.25) is 0 Å².